The SMILES string of the molecule is CC(C)c1ccccc1NC(=O)c1ccc(C(=O)NCc2ccccn2)cc1. The van der Waals surface area contributed by atoms with Gasteiger partial charge < -0.3 is 10.6 Å². The molecule has 0 bridgehead atoms. The molecule has 3 aromatic rings. The molecule has 0 saturated carbocycles. The van der Waals surface area contributed by atoms with Crippen molar-refractivity contribution >= 4 is 17.5 Å². The maximum Gasteiger partial charge on any atom is 0.255 e. The average molecular weight is 373 g/mol. The lowest BCUT2D eigenvalue weighted by Gasteiger charge is -2.13. The van der Waals surface area contributed by atoms with Crippen LogP contribution in [-0.2, 0) is 6.54 Å². The quantitative estimate of drug-likeness (QED) is 0.673. The van der Waals surface area contributed by atoms with E-state index >= 15 is 0 Å². The lowest BCUT2D eigenvalue weighted by molar-refractivity contribution is 0.0948. The molecule has 0 atom stereocenters. The topological polar surface area (TPSA) is 71.1 Å². The normalized spacial score (nSPS) is 10.5. The van der Waals surface area contributed by atoms with Gasteiger partial charge in [0.25, 0.3) is 11.8 Å². The van der Waals surface area contributed by atoms with Gasteiger partial charge in [-0.1, -0.05) is 38.1 Å². The number of nitrogens with one attached hydrogen (secondary N) is 2. The fourth-order valence-electron chi connectivity index (χ4n) is 2.86. The Hall–Kier alpha value is -3.47. The van der Waals surface area contributed by atoms with Gasteiger partial charge in [-0.05, 0) is 53.9 Å². The van der Waals surface area contributed by atoms with E-state index in [0.29, 0.717) is 23.6 Å². The fraction of sp³-hybridized carbons (Fsp3) is 0.174. The molecule has 28 heavy (non-hydrogen) atoms. The van der Waals surface area contributed by atoms with E-state index < -0.39 is 0 Å². The van der Waals surface area contributed by atoms with Crippen molar-refractivity contribution in [1.82, 2.24) is 10.3 Å². The summed E-state index contributed by atoms with van der Waals surface area (Å²) in [5.41, 5.74) is 3.67. The van der Waals surface area contributed by atoms with Gasteiger partial charge in [0.05, 0.1) is 12.2 Å². The first-order chi connectivity index (χ1) is 13.5. The maximum atomic E-state index is 12.6. The second-order valence-electron chi connectivity index (χ2n) is 6.78. The van der Waals surface area contributed by atoms with Crippen molar-refractivity contribution in [2.24, 2.45) is 0 Å². The third kappa shape index (κ3) is 4.82. The minimum atomic E-state index is -0.206. The number of hydrogen-bond acceptors (Lipinski definition) is 3. The van der Waals surface area contributed by atoms with E-state index in [1.807, 2.05) is 42.5 Å². The van der Waals surface area contributed by atoms with E-state index in [0.717, 1.165) is 16.9 Å². The summed E-state index contributed by atoms with van der Waals surface area (Å²) in [4.78, 5) is 29.0. The summed E-state index contributed by atoms with van der Waals surface area (Å²) < 4.78 is 0. The molecule has 3 rings (SSSR count). The number of nitrogens with zero attached hydrogens (tertiary/aromatic N) is 1. The number of para-hydroxylation sites is 1. The third-order valence-corrected chi connectivity index (χ3v) is 4.40. The van der Waals surface area contributed by atoms with Crippen LogP contribution in [0.2, 0.25) is 0 Å². The van der Waals surface area contributed by atoms with Crippen LogP contribution in [0.25, 0.3) is 0 Å². The number of anilines is 1. The highest BCUT2D eigenvalue weighted by molar-refractivity contribution is 6.05. The van der Waals surface area contributed by atoms with Crippen molar-refractivity contribution in [2.45, 2.75) is 26.3 Å². The number of amides is 2. The van der Waals surface area contributed by atoms with Crippen LogP contribution in [0.15, 0.2) is 72.9 Å². The van der Waals surface area contributed by atoms with E-state index in [-0.39, 0.29) is 11.8 Å². The van der Waals surface area contributed by atoms with Crippen LogP contribution >= 0.6 is 0 Å². The van der Waals surface area contributed by atoms with Gasteiger partial charge in [-0.25, -0.2) is 0 Å². The van der Waals surface area contributed by atoms with Crippen LogP contribution in [0, 0.1) is 0 Å². The molecule has 2 amide bonds. The Labute approximate surface area is 164 Å². The Balaban J connectivity index is 1.63. The minimum absolute atomic E-state index is 0.200. The predicted molar refractivity (Wildman–Crippen MR) is 110 cm³/mol. The number of benzene rings is 2. The molecule has 1 aromatic heterocycles. The average Bonchev–Trinajstić information content (AvgIpc) is 2.73. The smallest absolute Gasteiger partial charge is 0.255 e. The van der Waals surface area contributed by atoms with Crippen LogP contribution in [0.1, 0.15) is 51.7 Å². The fourth-order valence-corrected chi connectivity index (χ4v) is 2.86. The molecule has 5 heteroatoms. The van der Waals surface area contributed by atoms with Crippen LogP contribution in [0.3, 0.4) is 0 Å². The zero-order chi connectivity index (χ0) is 19.9. The number of rotatable bonds is 6. The highest BCUT2D eigenvalue weighted by Crippen LogP contribution is 2.24. The van der Waals surface area contributed by atoms with Crippen molar-refractivity contribution < 1.29 is 9.59 Å². The molecule has 0 aliphatic carbocycles. The second-order valence-corrected chi connectivity index (χ2v) is 6.78. The first kappa shape index (κ1) is 19.3. The summed E-state index contributed by atoms with van der Waals surface area (Å²) in [5.74, 6) is -0.0991. The summed E-state index contributed by atoms with van der Waals surface area (Å²) in [5, 5.41) is 5.78. The number of carbonyl (C=O) groups excluding carboxylic acids is 2. The van der Waals surface area contributed by atoms with Gasteiger partial charge in [-0.3, -0.25) is 14.6 Å². The van der Waals surface area contributed by atoms with Crippen molar-refractivity contribution in [3.05, 3.63) is 95.3 Å². The van der Waals surface area contributed by atoms with Gasteiger partial charge >= 0.3 is 0 Å². The maximum absolute atomic E-state index is 12.6. The Kier molecular flexibility index (Phi) is 6.17. The molecule has 0 unspecified atom stereocenters. The molecule has 0 aliphatic heterocycles. The molecule has 0 aliphatic rings. The lowest BCUT2D eigenvalue weighted by Crippen LogP contribution is -2.23. The number of carbonyl (C=O) groups is 2. The molecule has 0 saturated heterocycles. The van der Waals surface area contributed by atoms with Gasteiger partial charge in [0.1, 0.15) is 0 Å². The van der Waals surface area contributed by atoms with E-state index in [1.165, 1.54) is 0 Å². The molecule has 5 nitrogen and oxygen atoms in total. The summed E-state index contributed by atoms with van der Waals surface area (Å²) in [6, 6.07) is 19.9. The van der Waals surface area contributed by atoms with Crippen LogP contribution in [-0.4, -0.2) is 16.8 Å². The summed E-state index contributed by atoms with van der Waals surface area (Å²) in [6.45, 7) is 4.53. The number of aromatic nitrogens is 1. The van der Waals surface area contributed by atoms with Crippen LogP contribution in [0.5, 0.6) is 0 Å². The third-order valence-electron chi connectivity index (χ3n) is 4.40. The molecule has 2 aromatic carbocycles. The molecular weight excluding hydrogens is 350 g/mol. The molecule has 0 fully saturated rings. The van der Waals surface area contributed by atoms with E-state index in [4.69, 9.17) is 0 Å². The Bertz CT molecular complexity index is 951. The van der Waals surface area contributed by atoms with Crippen molar-refractivity contribution in [3.63, 3.8) is 0 Å². The number of pyridine rings is 1. The van der Waals surface area contributed by atoms with Gasteiger partial charge in [-0.2, -0.15) is 0 Å². The van der Waals surface area contributed by atoms with Crippen molar-refractivity contribution in [3.8, 4) is 0 Å². The Morgan fingerprint density at radius 2 is 1.50 bits per heavy atom. The Morgan fingerprint density at radius 3 is 2.14 bits per heavy atom. The first-order valence-electron chi connectivity index (χ1n) is 9.23. The first-order valence-corrected chi connectivity index (χ1v) is 9.23. The monoisotopic (exact) mass is 373 g/mol. The Morgan fingerprint density at radius 1 is 0.857 bits per heavy atom. The standard InChI is InChI=1S/C23H23N3O2/c1-16(2)20-8-3-4-9-21(20)26-23(28)18-12-10-17(11-13-18)22(27)25-15-19-7-5-6-14-24-19/h3-14,16H,15H2,1-2H3,(H,25,27)(H,26,28). The molecule has 0 radical (unpaired) electrons. The molecule has 1 heterocycles. The number of hydrogen-bond donors (Lipinski definition) is 2. The zero-order valence-corrected chi connectivity index (χ0v) is 16.0. The van der Waals surface area contributed by atoms with Gasteiger partial charge in [0.2, 0.25) is 0 Å². The van der Waals surface area contributed by atoms with E-state index in [2.05, 4.69) is 29.5 Å². The van der Waals surface area contributed by atoms with Crippen molar-refractivity contribution in [1.29, 1.82) is 0 Å². The van der Waals surface area contributed by atoms with Crippen molar-refractivity contribution in [2.75, 3.05) is 5.32 Å². The summed E-state index contributed by atoms with van der Waals surface area (Å²) >= 11 is 0. The van der Waals surface area contributed by atoms with Gasteiger partial charge in [0.15, 0.2) is 0 Å². The molecule has 0 spiro atoms. The predicted octanol–water partition coefficient (Wildman–Crippen LogP) is 4.39. The second kappa shape index (κ2) is 8.95. The molecule has 142 valence electrons. The van der Waals surface area contributed by atoms with Crippen LogP contribution < -0.4 is 10.6 Å². The summed E-state index contributed by atoms with van der Waals surface area (Å²) in [6.07, 6.45) is 1.69. The molecule has 2 N–H and O–H groups in total. The van der Waals surface area contributed by atoms with Gasteiger partial charge in [-0.15, -0.1) is 0 Å². The summed E-state index contributed by atoms with van der Waals surface area (Å²) in [7, 11) is 0. The molecular formula is C23H23N3O2. The lowest BCUT2D eigenvalue weighted by atomic mass is 10.0. The van der Waals surface area contributed by atoms with Crippen LogP contribution in [0.4, 0.5) is 5.69 Å². The minimum Gasteiger partial charge on any atom is -0.346 e. The highest BCUT2D eigenvalue weighted by Gasteiger charge is 2.12. The van der Waals surface area contributed by atoms with E-state index in [1.54, 1.807) is 30.5 Å². The zero-order valence-electron chi connectivity index (χ0n) is 16.0. The largest absolute Gasteiger partial charge is 0.346 e. The van der Waals surface area contributed by atoms with E-state index in [9.17, 15) is 9.59 Å². The van der Waals surface area contributed by atoms with Gasteiger partial charge in [0, 0.05) is 23.0 Å². The highest BCUT2D eigenvalue weighted by atomic mass is 16.2.